The van der Waals surface area contributed by atoms with Crippen molar-refractivity contribution in [2.24, 2.45) is 0 Å². The van der Waals surface area contributed by atoms with Crippen LogP contribution in [0.1, 0.15) is 5.69 Å². The molecule has 1 aromatic carbocycles. The van der Waals surface area contributed by atoms with Gasteiger partial charge in [-0.3, -0.25) is 0 Å². The molecule has 1 N–H and O–H groups in total. The summed E-state index contributed by atoms with van der Waals surface area (Å²) in [4.78, 5) is 0. The summed E-state index contributed by atoms with van der Waals surface area (Å²) in [6.07, 6.45) is 0. The zero-order valence-electron chi connectivity index (χ0n) is 9.09. The molecule has 0 atom stereocenters. The van der Waals surface area contributed by atoms with E-state index in [9.17, 15) is 0 Å². The van der Waals surface area contributed by atoms with Gasteiger partial charge in [0.05, 0.1) is 18.3 Å². The largest absolute Gasteiger partial charge is 0.494 e. The molecule has 0 radical (unpaired) electrons. The van der Waals surface area contributed by atoms with Gasteiger partial charge in [-0.1, -0.05) is 6.07 Å². The van der Waals surface area contributed by atoms with Crippen LogP contribution in [0.25, 0.3) is 10.9 Å². The fourth-order valence-corrected chi connectivity index (χ4v) is 3.01. The summed E-state index contributed by atoms with van der Waals surface area (Å²) in [5.41, 5.74) is 2.49. The maximum atomic E-state index is 5.54. The van der Waals surface area contributed by atoms with Gasteiger partial charge in [0.1, 0.15) is 5.75 Å². The zero-order valence-corrected chi connectivity index (χ0v) is 10.7. The average molecular weight is 281 g/mol. The Morgan fingerprint density at radius 3 is 3.12 bits per heavy atom. The van der Waals surface area contributed by atoms with E-state index >= 15 is 0 Å². The lowest BCUT2D eigenvalue weighted by atomic mass is 10.2. The van der Waals surface area contributed by atoms with E-state index in [-0.39, 0.29) is 0 Å². The highest BCUT2D eigenvalue weighted by Gasteiger charge is 2.21. The van der Waals surface area contributed by atoms with Gasteiger partial charge >= 0.3 is 0 Å². The van der Waals surface area contributed by atoms with Gasteiger partial charge in [-0.2, -0.15) is 0 Å². The number of rotatable bonds is 1. The molecule has 0 saturated carbocycles. The van der Waals surface area contributed by atoms with Gasteiger partial charge in [-0.15, -0.1) is 0 Å². The second kappa shape index (κ2) is 3.79. The number of hydrogen-bond donors (Lipinski definition) is 1. The number of nitrogens with one attached hydrogen (secondary N) is 1. The summed E-state index contributed by atoms with van der Waals surface area (Å²) in [5.74, 6) is 1.00. The van der Waals surface area contributed by atoms with Gasteiger partial charge in [-0.25, -0.2) is 0 Å². The number of para-hydroxylation sites is 1. The molecule has 0 saturated heterocycles. The number of fused-ring (bicyclic) bond motifs is 3. The Balaban J connectivity index is 2.42. The second-order valence-electron chi connectivity index (χ2n) is 3.94. The number of methoxy groups -OCH3 is 1. The topological polar surface area (TPSA) is 26.2 Å². The van der Waals surface area contributed by atoms with Crippen molar-refractivity contribution >= 4 is 26.8 Å². The smallest absolute Gasteiger partial charge is 0.148 e. The van der Waals surface area contributed by atoms with Crippen LogP contribution in [-0.2, 0) is 13.1 Å². The number of ether oxygens (including phenoxy) is 1. The highest BCUT2D eigenvalue weighted by atomic mass is 79.9. The van der Waals surface area contributed by atoms with E-state index < -0.39 is 0 Å². The lowest BCUT2D eigenvalue weighted by molar-refractivity contribution is 0.401. The quantitative estimate of drug-likeness (QED) is 0.869. The minimum absolute atomic E-state index is 0.879. The Morgan fingerprint density at radius 2 is 2.31 bits per heavy atom. The summed E-state index contributed by atoms with van der Waals surface area (Å²) in [7, 11) is 1.74. The number of nitrogens with zero attached hydrogens (tertiary/aromatic N) is 1. The van der Waals surface area contributed by atoms with Crippen LogP contribution >= 0.6 is 15.9 Å². The fourth-order valence-electron chi connectivity index (χ4n) is 2.43. The molecule has 3 nitrogen and oxygen atoms in total. The van der Waals surface area contributed by atoms with Crippen LogP contribution in [0.3, 0.4) is 0 Å². The molecule has 16 heavy (non-hydrogen) atoms. The van der Waals surface area contributed by atoms with Crippen LogP contribution in [-0.4, -0.2) is 18.2 Å². The Bertz CT molecular complexity index is 547. The van der Waals surface area contributed by atoms with Crippen molar-refractivity contribution in [3.05, 3.63) is 28.4 Å². The molecule has 4 heteroatoms. The van der Waals surface area contributed by atoms with E-state index in [2.05, 4.69) is 37.9 Å². The van der Waals surface area contributed by atoms with Crippen LogP contribution in [0.15, 0.2) is 22.7 Å². The molecular formula is C12H13BrN2O. The van der Waals surface area contributed by atoms with Crippen LogP contribution in [0.2, 0.25) is 0 Å². The van der Waals surface area contributed by atoms with Crippen molar-refractivity contribution in [3.63, 3.8) is 0 Å². The van der Waals surface area contributed by atoms with Crippen molar-refractivity contribution in [3.8, 4) is 5.75 Å². The van der Waals surface area contributed by atoms with Crippen molar-refractivity contribution in [1.82, 2.24) is 9.88 Å². The number of hydrogen-bond acceptors (Lipinski definition) is 2. The van der Waals surface area contributed by atoms with Crippen LogP contribution in [0, 0.1) is 0 Å². The molecule has 0 fully saturated rings. The Morgan fingerprint density at radius 1 is 1.44 bits per heavy atom. The maximum Gasteiger partial charge on any atom is 0.148 e. The normalized spacial score (nSPS) is 15.1. The first-order valence-electron chi connectivity index (χ1n) is 5.37. The number of halogens is 1. The van der Waals surface area contributed by atoms with Gasteiger partial charge in [-0.05, 0) is 28.1 Å². The summed E-state index contributed by atoms with van der Waals surface area (Å²) in [5, 5.41) is 4.57. The minimum atomic E-state index is 0.879. The fraction of sp³-hybridized carbons (Fsp3) is 0.333. The van der Waals surface area contributed by atoms with Crippen molar-refractivity contribution in [1.29, 1.82) is 0 Å². The molecule has 1 aliphatic heterocycles. The summed E-state index contributed by atoms with van der Waals surface area (Å²) >= 11 is 3.62. The molecule has 0 bridgehead atoms. The van der Waals surface area contributed by atoms with Crippen LogP contribution < -0.4 is 10.1 Å². The third-order valence-corrected chi connectivity index (χ3v) is 3.74. The predicted molar refractivity (Wildman–Crippen MR) is 67.9 cm³/mol. The first kappa shape index (κ1) is 10.2. The molecule has 84 valence electrons. The lowest BCUT2D eigenvalue weighted by Crippen LogP contribution is -2.27. The third kappa shape index (κ3) is 1.30. The molecule has 1 aliphatic rings. The van der Waals surface area contributed by atoms with Crippen molar-refractivity contribution in [2.75, 3.05) is 13.7 Å². The van der Waals surface area contributed by atoms with Crippen molar-refractivity contribution in [2.45, 2.75) is 13.1 Å². The van der Waals surface area contributed by atoms with E-state index in [0.29, 0.717) is 0 Å². The molecule has 1 aromatic heterocycles. The maximum absolute atomic E-state index is 5.54. The Labute approximate surface area is 103 Å². The van der Waals surface area contributed by atoms with Gasteiger partial charge in [0.25, 0.3) is 0 Å². The highest BCUT2D eigenvalue weighted by molar-refractivity contribution is 9.10. The number of aromatic nitrogens is 1. The summed E-state index contributed by atoms with van der Waals surface area (Å²) in [6, 6.07) is 6.25. The van der Waals surface area contributed by atoms with Crippen LogP contribution in [0.5, 0.6) is 5.75 Å². The molecule has 0 aliphatic carbocycles. The van der Waals surface area contributed by atoms with E-state index in [0.717, 1.165) is 29.9 Å². The predicted octanol–water partition coefficient (Wildman–Crippen LogP) is 2.52. The van der Waals surface area contributed by atoms with Crippen LogP contribution in [0.4, 0.5) is 0 Å². The first-order chi connectivity index (χ1) is 7.83. The zero-order chi connectivity index (χ0) is 11.1. The molecule has 3 rings (SSSR count). The molecule has 2 heterocycles. The molecule has 2 aromatic rings. The standard InChI is InChI=1S/C12H13BrN2O/c1-16-12-8-3-2-4-9(13)11(8)15-6-5-14-7-10(12)15/h2-4,14H,5-7H2,1H3. The molecule has 0 spiro atoms. The molecule has 0 unspecified atom stereocenters. The summed E-state index contributed by atoms with van der Waals surface area (Å²) < 4.78 is 9.02. The van der Waals surface area contributed by atoms with Gasteiger partial charge in [0.2, 0.25) is 0 Å². The number of benzene rings is 1. The molecule has 0 amide bonds. The molecular weight excluding hydrogens is 268 g/mol. The van der Waals surface area contributed by atoms with E-state index in [4.69, 9.17) is 4.74 Å². The monoisotopic (exact) mass is 280 g/mol. The first-order valence-corrected chi connectivity index (χ1v) is 6.16. The van der Waals surface area contributed by atoms with Crippen molar-refractivity contribution < 1.29 is 4.74 Å². The Kier molecular flexibility index (Phi) is 2.41. The SMILES string of the molecule is COc1c2n(c3c(Br)cccc13)CCNC2. The van der Waals surface area contributed by atoms with E-state index in [1.54, 1.807) is 7.11 Å². The summed E-state index contributed by atoms with van der Waals surface area (Å²) in [6.45, 7) is 2.89. The highest BCUT2D eigenvalue weighted by Crippen LogP contribution is 2.37. The Hall–Kier alpha value is -1.00. The second-order valence-corrected chi connectivity index (χ2v) is 4.80. The third-order valence-electron chi connectivity index (χ3n) is 3.10. The van der Waals surface area contributed by atoms with E-state index in [1.165, 1.54) is 16.6 Å². The van der Waals surface area contributed by atoms with Gasteiger partial charge in [0, 0.05) is 29.5 Å². The lowest BCUT2D eigenvalue weighted by Gasteiger charge is -2.18. The van der Waals surface area contributed by atoms with Gasteiger partial charge in [0.15, 0.2) is 0 Å². The average Bonchev–Trinajstić information content (AvgIpc) is 2.64. The minimum Gasteiger partial charge on any atom is -0.494 e. The van der Waals surface area contributed by atoms with E-state index in [1.807, 2.05) is 6.07 Å². The van der Waals surface area contributed by atoms with Gasteiger partial charge < -0.3 is 14.6 Å².